The maximum absolute atomic E-state index is 15.9. The van der Waals surface area contributed by atoms with Crippen LogP contribution >= 0.6 is 11.8 Å². The first-order valence-electron chi connectivity index (χ1n) is 16.8. The molecule has 1 aliphatic heterocycles. The highest BCUT2D eigenvalue weighted by atomic mass is 32.2. The van der Waals surface area contributed by atoms with E-state index < -0.39 is 46.5 Å². The molecule has 282 valence electrons. The van der Waals surface area contributed by atoms with Gasteiger partial charge in [-0.2, -0.15) is 10.4 Å². The quantitative estimate of drug-likeness (QED) is 0.104. The fourth-order valence-corrected chi connectivity index (χ4v) is 7.01. The van der Waals surface area contributed by atoms with Crippen LogP contribution in [0, 0.1) is 28.8 Å². The molecule has 54 heavy (non-hydrogen) atoms. The molecule has 0 saturated carbocycles. The summed E-state index contributed by atoms with van der Waals surface area (Å²) >= 11 is 1.32. The molecule has 2 atom stereocenters. The number of benzene rings is 3. The van der Waals surface area contributed by atoms with E-state index in [-0.39, 0.29) is 54.9 Å². The summed E-state index contributed by atoms with van der Waals surface area (Å²) in [5.41, 5.74) is -0.879. The molecule has 15 heteroatoms. The number of nitriles is 1. The van der Waals surface area contributed by atoms with Gasteiger partial charge in [0.2, 0.25) is 0 Å². The standard InChI is InChI=1S/C39H38F3N5O6S/c1-26(54-31-21-51-37(52-22-31)11-7-5-8-28-13-12-27(18-43)16-34(28)41)39(23-47-25-44-24-45-47,33-15-14-30(40)17-35(33)42)53-38(49)32-10-6-4-9-29(32)20-50-36(48)19-46(2)3/h4-17,24-26,31,37H,19-23H2,1-3H3/b8-5+,11-7+. The van der Waals surface area contributed by atoms with E-state index in [0.29, 0.717) is 11.1 Å². The number of halogens is 3. The Labute approximate surface area is 315 Å². The lowest BCUT2D eigenvalue weighted by Gasteiger charge is -2.40. The largest absolute Gasteiger partial charge is 0.460 e. The van der Waals surface area contributed by atoms with Crippen molar-refractivity contribution in [3.63, 3.8) is 0 Å². The highest BCUT2D eigenvalue weighted by Gasteiger charge is 2.47. The zero-order valence-electron chi connectivity index (χ0n) is 29.7. The number of thioether (sulfide) groups is 1. The van der Waals surface area contributed by atoms with Crippen molar-refractivity contribution in [2.45, 2.75) is 42.5 Å². The Morgan fingerprint density at radius 3 is 2.56 bits per heavy atom. The number of rotatable bonds is 15. The zero-order chi connectivity index (χ0) is 38.7. The molecular formula is C39H38F3N5O6S. The van der Waals surface area contributed by atoms with Crippen LogP contribution < -0.4 is 0 Å². The molecule has 4 aromatic rings. The first kappa shape index (κ1) is 39.9. The monoisotopic (exact) mass is 761 g/mol. The summed E-state index contributed by atoms with van der Waals surface area (Å²) in [7, 11) is 3.45. The average molecular weight is 762 g/mol. The van der Waals surface area contributed by atoms with Crippen molar-refractivity contribution in [2.24, 2.45) is 0 Å². The van der Waals surface area contributed by atoms with Gasteiger partial charge in [-0.05, 0) is 57.4 Å². The summed E-state index contributed by atoms with van der Waals surface area (Å²) in [6, 6.07) is 15.6. The van der Waals surface area contributed by atoms with E-state index in [9.17, 15) is 18.4 Å². The maximum atomic E-state index is 15.9. The van der Waals surface area contributed by atoms with Crippen molar-refractivity contribution >= 4 is 29.8 Å². The van der Waals surface area contributed by atoms with E-state index in [0.717, 1.165) is 18.2 Å². The first-order valence-corrected chi connectivity index (χ1v) is 17.7. The summed E-state index contributed by atoms with van der Waals surface area (Å²) in [6.07, 6.45) is 8.46. The van der Waals surface area contributed by atoms with Crippen LogP contribution in [0.25, 0.3) is 6.08 Å². The lowest BCUT2D eigenvalue weighted by Crippen LogP contribution is -2.47. The summed E-state index contributed by atoms with van der Waals surface area (Å²) in [4.78, 5) is 32.1. The third kappa shape index (κ3) is 10.4. The topological polar surface area (TPSA) is 129 Å². The third-order valence-electron chi connectivity index (χ3n) is 8.33. The molecule has 0 spiro atoms. The number of hydrogen-bond acceptors (Lipinski definition) is 11. The highest BCUT2D eigenvalue weighted by Crippen LogP contribution is 2.42. The number of hydrogen-bond donors (Lipinski definition) is 0. The number of nitrogens with zero attached hydrogens (tertiary/aromatic N) is 5. The van der Waals surface area contributed by atoms with Gasteiger partial charge < -0.3 is 18.9 Å². The van der Waals surface area contributed by atoms with Gasteiger partial charge in [-0.3, -0.25) is 9.69 Å². The predicted octanol–water partition coefficient (Wildman–Crippen LogP) is 6.06. The first-order chi connectivity index (χ1) is 26.0. The zero-order valence-corrected chi connectivity index (χ0v) is 30.5. The van der Waals surface area contributed by atoms with Gasteiger partial charge in [-0.25, -0.2) is 27.6 Å². The third-order valence-corrected chi connectivity index (χ3v) is 9.77. The molecule has 1 fully saturated rings. The van der Waals surface area contributed by atoms with Gasteiger partial charge in [0.05, 0.1) is 48.7 Å². The summed E-state index contributed by atoms with van der Waals surface area (Å²) in [6.45, 7) is 1.80. The molecule has 0 aliphatic carbocycles. The Morgan fingerprint density at radius 2 is 1.87 bits per heavy atom. The number of allylic oxidation sites excluding steroid dienone is 2. The lowest BCUT2D eigenvalue weighted by atomic mass is 9.89. The molecule has 11 nitrogen and oxygen atoms in total. The highest BCUT2D eigenvalue weighted by molar-refractivity contribution is 8.00. The van der Waals surface area contributed by atoms with E-state index in [1.54, 1.807) is 68.4 Å². The van der Waals surface area contributed by atoms with Crippen LogP contribution in [-0.2, 0) is 42.5 Å². The van der Waals surface area contributed by atoms with Crippen molar-refractivity contribution in [3.05, 3.63) is 137 Å². The van der Waals surface area contributed by atoms with Crippen molar-refractivity contribution < 1.29 is 41.7 Å². The second kappa shape index (κ2) is 18.7. The van der Waals surface area contributed by atoms with Gasteiger partial charge in [-0.1, -0.05) is 42.5 Å². The molecule has 2 heterocycles. The molecule has 1 saturated heterocycles. The van der Waals surface area contributed by atoms with Crippen molar-refractivity contribution in [2.75, 3.05) is 33.9 Å². The van der Waals surface area contributed by atoms with Crippen LogP contribution in [0.5, 0.6) is 0 Å². The van der Waals surface area contributed by atoms with Gasteiger partial charge in [0.15, 0.2) is 11.9 Å². The van der Waals surface area contributed by atoms with Crippen LogP contribution in [0.3, 0.4) is 0 Å². The minimum absolute atomic E-state index is 0.0377. The number of esters is 2. The van der Waals surface area contributed by atoms with Crippen LogP contribution in [0.15, 0.2) is 91.5 Å². The van der Waals surface area contributed by atoms with Gasteiger partial charge in [0.1, 0.15) is 36.7 Å². The average Bonchev–Trinajstić information content (AvgIpc) is 3.66. The summed E-state index contributed by atoms with van der Waals surface area (Å²) < 4.78 is 69.4. The van der Waals surface area contributed by atoms with Gasteiger partial charge in [0.25, 0.3) is 0 Å². The summed E-state index contributed by atoms with van der Waals surface area (Å²) in [5.74, 6) is -3.59. The molecule has 1 aliphatic rings. The normalized spacial score (nSPS) is 17.7. The predicted molar refractivity (Wildman–Crippen MR) is 194 cm³/mol. The molecule has 3 aromatic carbocycles. The minimum Gasteiger partial charge on any atom is -0.460 e. The van der Waals surface area contributed by atoms with Crippen molar-refractivity contribution in [1.82, 2.24) is 19.7 Å². The van der Waals surface area contributed by atoms with Gasteiger partial charge in [-0.15, -0.1) is 11.8 Å². The Hall–Kier alpha value is -5.27. The number of carbonyl (C=O) groups excluding carboxylic acids is 2. The second-order valence-electron chi connectivity index (χ2n) is 12.6. The lowest BCUT2D eigenvalue weighted by molar-refractivity contribution is -0.146. The van der Waals surface area contributed by atoms with Gasteiger partial charge >= 0.3 is 11.9 Å². The number of likely N-dealkylation sites (N-methyl/N-ethyl adjacent to an activating group) is 1. The maximum Gasteiger partial charge on any atom is 0.339 e. The van der Waals surface area contributed by atoms with Crippen LogP contribution in [0.4, 0.5) is 13.2 Å². The van der Waals surface area contributed by atoms with E-state index >= 15 is 4.39 Å². The Morgan fingerprint density at radius 1 is 1.09 bits per heavy atom. The molecule has 0 N–H and O–H groups in total. The SMILES string of the molecule is CC(SC1COC(/C=C/C=C/c2ccc(C#N)cc2F)OC1)C(Cn1cncn1)(OC(=O)c1ccccc1COC(=O)CN(C)C)c1ccc(F)cc1F. The number of ether oxygens (including phenoxy) is 4. The van der Waals surface area contributed by atoms with Crippen LogP contribution in [-0.4, -0.2) is 82.2 Å². The van der Waals surface area contributed by atoms with Crippen LogP contribution in [0.1, 0.15) is 39.5 Å². The van der Waals surface area contributed by atoms with Crippen LogP contribution in [0.2, 0.25) is 0 Å². The van der Waals surface area contributed by atoms with Gasteiger partial charge in [0, 0.05) is 28.0 Å². The molecular weight excluding hydrogens is 724 g/mol. The number of aromatic nitrogens is 3. The van der Waals surface area contributed by atoms with E-state index in [2.05, 4.69) is 10.1 Å². The fourth-order valence-electron chi connectivity index (χ4n) is 5.65. The Kier molecular flexibility index (Phi) is 13.8. The Bertz CT molecular complexity index is 2010. The molecule has 1 aromatic heterocycles. The molecule has 0 bridgehead atoms. The van der Waals surface area contributed by atoms with E-state index in [4.69, 9.17) is 24.2 Å². The molecule has 2 unspecified atom stereocenters. The van der Waals surface area contributed by atoms with Crippen molar-refractivity contribution in [1.29, 1.82) is 5.26 Å². The summed E-state index contributed by atoms with van der Waals surface area (Å²) in [5, 5.41) is 12.1. The number of carbonyl (C=O) groups is 2. The molecule has 5 rings (SSSR count). The van der Waals surface area contributed by atoms with Crippen molar-refractivity contribution in [3.8, 4) is 6.07 Å². The fraction of sp³-hybridized carbons (Fsp3) is 0.308. The molecule has 0 amide bonds. The Balaban J connectivity index is 1.36. The minimum atomic E-state index is -1.79. The second-order valence-corrected chi connectivity index (χ2v) is 14.2. The van der Waals surface area contributed by atoms with E-state index in [1.807, 2.05) is 6.07 Å². The van der Waals surface area contributed by atoms with E-state index in [1.165, 1.54) is 53.4 Å². The smallest absolute Gasteiger partial charge is 0.339 e. The molecule has 0 radical (unpaired) electrons.